The molecule has 8 heteroatoms. The van der Waals surface area contributed by atoms with Crippen LogP contribution in [0.3, 0.4) is 0 Å². The summed E-state index contributed by atoms with van der Waals surface area (Å²) >= 11 is 0. The molecule has 0 aromatic rings. The van der Waals surface area contributed by atoms with E-state index in [1.54, 1.807) is 0 Å². The quantitative estimate of drug-likeness (QED) is 0.434. The summed E-state index contributed by atoms with van der Waals surface area (Å²) in [4.78, 5) is 32.1. The zero-order valence-electron chi connectivity index (χ0n) is 9.34. The Labute approximate surface area is 97.5 Å². The number of carbonyl (C=O) groups excluding carboxylic acids is 1. The fourth-order valence-corrected chi connectivity index (χ4v) is 0.918. The van der Waals surface area contributed by atoms with Crippen molar-refractivity contribution >= 4 is 17.8 Å². The second-order valence-corrected chi connectivity index (χ2v) is 3.10. The molecule has 1 atom stereocenters. The van der Waals surface area contributed by atoms with Crippen molar-refractivity contribution in [3.05, 3.63) is 0 Å². The van der Waals surface area contributed by atoms with Gasteiger partial charge in [-0.25, -0.2) is 4.79 Å². The number of hydrogen-bond acceptors (Lipinski definition) is 5. The second kappa shape index (κ2) is 8.48. The molecule has 0 fully saturated rings. The summed E-state index contributed by atoms with van der Waals surface area (Å²) in [5.74, 6) is -3.40. The first kappa shape index (κ1) is 15.3. The largest absolute Gasteiger partial charge is 0.481 e. The number of hydrogen-bond donors (Lipinski definition) is 3. The molecule has 98 valence electrons. The van der Waals surface area contributed by atoms with E-state index < -0.39 is 30.3 Å². The lowest BCUT2D eigenvalue weighted by Gasteiger charge is -2.12. The van der Waals surface area contributed by atoms with Crippen molar-refractivity contribution in [1.29, 1.82) is 0 Å². The maximum atomic E-state index is 11.2. The van der Waals surface area contributed by atoms with Crippen LogP contribution in [-0.2, 0) is 23.9 Å². The van der Waals surface area contributed by atoms with E-state index >= 15 is 0 Å². The lowest BCUT2D eigenvalue weighted by atomic mass is 10.2. The number of nitrogens with one attached hydrogen (secondary N) is 1. The van der Waals surface area contributed by atoms with Crippen LogP contribution in [0.5, 0.6) is 0 Å². The third-order valence-corrected chi connectivity index (χ3v) is 1.68. The van der Waals surface area contributed by atoms with Crippen molar-refractivity contribution in [2.45, 2.75) is 12.5 Å². The minimum absolute atomic E-state index is 0.195. The fraction of sp³-hybridized carbons (Fsp3) is 0.667. The van der Waals surface area contributed by atoms with Crippen LogP contribution in [0.2, 0.25) is 0 Å². The van der Waals surface area contributed by atoms with Gasteiger partial charge in [0.05, 0.1) is 19.6 Å². The van der Waals surface area contributed by atoms with Crippen LogP contribution in [0.15, 0.2) is 0 Å². The Morgan fingerprint density at radius 1 is 1.24 bits per heavy atom. The van der Waals surface area contributed by atoms with E-state index in [1.165, 1.54) is 7.11 Å². The van der Waals surface area contributed by atoms with Gasteiger partial charge in [0.2, 0.25) is 5.91 Å². The second-order valence-electron chi connectivity index (χ2n) is 3.10. The van der Waals surface area contributed by atoms with Gasteiger partial charge in [-0.15, -0.1) is 0 Å². The molecule has 8 nitrogen and oxygen atoms in total. The molecule has 0 heterocycles. The maximum Gasteiger partial charge on any atom is 0.326 e. The van der Waals surface area contributed by atoms with Crippen LogP contribution in [0.4, 0.5) is 0 Å². The Balaban J connectivity index is 3.96. The Bertz CT molecular complexity index is 279. The molecule has 0 bridgehead atoms. The van der Waals surface area contributed by atoms with Gasteiger partial charge < -0.3 is 25.0 Å². The molecule has 0 unspecified atom stereocenters. The number of carboxylic acid groups (broad SMARTS) is 2. The third-order valence-electron chi connectivity index (χ3n) is 1.68. The van der Waals surface area contributed by atoms with E-state index in [0.717, 1.165) is 0 Å². The van der Waals surface area contributed by atoms with Gasteiger partial charge in [0.1, 0.15) is 12.6 Å². The SMILES string of the molecule is COCCOCC(=O)N[C@H](CC(=O)O)C(=O)O. The minimum atomic E-state index is -1.45. The monoisotopic (exact) mass is 249 g/mol. The highest BCUT2D eigenvalue weighted by molar-refractivity contribution is 5.87. The van der Waals surface area contributed by atoms with Gasteiger partial charge in [-0.05, 0) is 0 Å². The number of amides is 1. The smallest absolute Gasteiger partial charge is 0.326 e. The van der Waals surface area contributed by atoms with E-state index in [2.05, 4.69) is 4.74 Å². The van der Waals surface area contributed by atoms with E-state index in [4.69, 9.17) is 14.9 Å². The van der Waals surface area contributed by atoms with Crippen molar-refractivity contribution in [3.63, 3.8) is 0 Å². The predicted octanol–water partition coefficient (Wildman–Crippen LogP) is -1.31. The molecule has 0 saturated heterocycles. The van der Waals surface area contributed by atoms with Crippen LogP contribution >= 0.6 is 0 Å². The van der Waals surface area contributed by atoms with E-state index in [9.17, 15) is 14.4 Å². The Kier molecular flexibility index (Phi) is 7.65. The molecule has 0 aliphatic carbocycles. The molecule has 1 amide bonds. The average Bonchev–Trinajstić information content (AvgIpc) is 2.22. The van der Waals surface area contributed by atoms with Gasteiger partial charge in [-0.3, -0.25) is 9.59 Å². The van der Waals surface area contributed by atoms with Crippen LogP contribution in [0, 0.1) is 0 Å². The van der Waals surface area contributed by atoms with E-state index in [-0.39, 0.29) is 13.2 Å². The summed E-state index contributed by atoms with van der Waals surface area (Å²) in [7, 11) is 1.47. The molecular weight excluding hydrogens is 234 g/mol. The van der Waals surface area contributed by atoms with Crippen LogP contribution in [0.1, 0.15) is 6.42 Å². The topological polar surface area (TPSA) is 122 Å². The summed E-state index contributed by atoms with van der Waals surface area (Å²) in [6, 6.07) is -1.45. The molecule has 0 aromatic carbocycles. The lowest BCUT2D eigenvalue weighted by molar-refractivity contribution is -0.147. The molecular formula is C9H15NO7. The Hall–Kier alpha value is -1.67. The lowest BCUT2D eigenvalue weighted by Crippen LogP contribution is -2.43. The summed E-state index contributed by atoms with van der Waals surface area (Å²) in [5.41, 5.74) is 0. The minimum Gasteiger partial charge on any atom is -0.481 e. The van der Waals surface area contributed by atoms with Gasteiger partial charge in [-0.2, -0.15) is 0 Å². The van der Waals surface area contributed by atoms with Crippen molar-refractivity contribution in [2.24, 2.45) is 0 Å². The van der Waals surface area contributed by atoms with Gasteiger partial charge in [-0.1, -0.05) is 0 Å². The molecule has 17 heavy (non-hydrogen) atoms. The molecule has 3 N–H and O–H groups in total. The number of methoxy groups -OCH3 is 1. The first-order valence-electron chi connectivity index (χ1n) is 4.78. The van der Waals surface area contributed by atoms with Crippen LogP contribution < -0.4 is 5.32 Å². The summed E-state index contributed by atoms with van der Waals surface area (Å²) in [6.45, 7) is 0.165. The number of carbonyl (C=O) groups is 3. The van der Waals surface area contributed by atoms with E-state index in [0.29, 0.717) is 6.61 Å². The van der Waals surface area contributed by atoms with Crippen molar-refractivity contribution in [3.8, 4) is 0 Å². The number of rotatable bonds is 9. The maximum absolute atomic E-state index is 11.2. The average molecular weight is 249 g/mol. The number of aliphatic carboxylic acids is 2. The highest BCUT2D eigenvalue weighted by Gasteiger charge is 2.22. The van der Waals surface area contributed by atoms with Gasteiger partial charge in [0.15, 0.2) is 0 Å². The molecule has 0 aliphatic rings. The van der Waals surface area contributed by atoms with Crippen LogP contribution in [0.25, 0.3) is 0 Å². The van der Waals surface area contributed by atoms with Gasteiger partial charge >= 0.3 is 11.9 Å². The summed E-state index contributed by atoms with van der Waals surface area (Å²) < 4.78 is 9.51. The van der Waals surface area contributed by atoms with Gasteiger partial charge in [0.25, 0.3) is 0 Å². The van der Waals surface area contributed by atoms with Crippen LogP contribution in [-0.4, -0.2) is 61.0 Å². The Morgan fingerprint density at radius 2 is 1.88 bits per heavy atom. The molecule has 0 aromatic heterocycles. The first-order chi connectivity index (χ1) is 7.97. The fourth-order valence-electron chi connectivity index (χ4n) is 0.918. The number of carboxylic acids is 2. The van der Waals surface area contributed by atoms with Gasteiger partial charge in [0, 0.05) is 7.11 Å². The molecule has 0 rings (SSSR count). The summed E-state index contributed by atoms with van der Waals surface area (Å²) in [6.07, 6.45) is -0.681. The highest BCUT2D eigenvalue weighted by Crippen LogP contribution is 1.93. The van der Waals surface area contributed by atoms with E-state index in [1.807, 2.05) is 5.32 Å². The van der Waals surface area contributed by atoms with Crippen molar-refractivity contribution in [2.75, 3.05) is 26.9 Å². The molecule has 0 spiro atoms. The summed E-state index contributed by atoms with van der Waals surface area (Å²) in [5, 5.41) is 19.1. The Morgan fingerprint density at radius 3 is 2.35 bits per heavy atom. The molecule has 0 radical (unpaired) electrons. The standard InChI is InChI=1S/C9H15NO7/c1-16-2-3-17-5-7(11)10-6(9(14)15)4-8(12)13/h6H,2-5H2,1H3,(H,10,11)(H,12,13)(H,14,15)/t6-/m1/s1. The normalized spacial score (nSPS) is 11.8. The third kappa shape index (κ3) is 8.17. The zero-order chi connectivity index (χ0) is 13.3. The number of ether oxygens (including phenoxy) is 2. The zero-order valence-corrected chi connectivity index (χ0v) is 9.34. The van der Waals surface area contributed by atoms with Crippen molar-refractivity contribution in [1.82, 2.24) is 5.32 Å². The molecule has 0 saturated carbocycles. The van der Waals surface area contributed by atoms with Crippen molar-refractivity contribution < 1.29 is 34.1 Å². The molecule has 0 aliphatic heterocycles. The highest BCUT2D eigenvalue weighted by atomic mass is 16.5. The predicted molar refractivity (Wildman–Crippen MR) is 54.5 cm³/mol. The first-order valence-corrected chi connectivity index (χ1v) is 4.78.